The molecule has 0 amide bonds. The highest BCUT2D eigenvalue weighted by Gasteiger charge is 2.11. The first kappa shape index (κ1) is 12.3. The molecule has 0 radical (unpaired) electrons. The molecule has 0 aliphatic heterocycles. The minimum atomic E-state index is -0.473. The van der Waals surface area contributed by atoms with Crippen LogP contribution in [0.4, 0.5) is 4.39 Å². The molecule has 94 valence electrons. The molecule has 0 aliphatic carbocycles. The van der Waals surface area contributed by atoms with Crippen molar-refractivity contribution >= 4 is 0 Å². The van der Waals surface area contributed by atoms with Crippen molar-refractivity contribution in [2.45, 2.75) is 13.3 Å². The van der Waals surface area contributed by atoms with Crippen molar-refractivity contribution < 1.29 is 9.13 Å². The zero-order valence-electron chi connectivity index (χ0n) is 10.2. The maximum absolute atomic E-state index is 13.6. The molecule has 1 heterocycles. The first-order valence-electron chi connectivity index (χ1n) is 5.57. The molecule has 0 atom stereocenters. The van der Waals surface area contributed by atoms with Crippen molar-refractivity contribution in [3.05, 3.63) is 46.3 Å². The third kappa shape index (κ3) is 2.11. The van der Waals surface area contributed by atoms with E-state index in [-0.39, 0.29) is 11.3 Å². The van der Waals surface area contributed by atoms with Crippen molar-refractivity contribution in [3.63, 3.8) is 0 Å². The molecule has 0 saturated heterocycles. The van der Waals surface area contributed by atoms with Crippen molar-refractivity contribution in [2.24, 2.45) is 0 Å². The summed E-state index contributed by atoms with van der Waals surface area (Å²) >= 11 is 0. The third-order valence-corrected chi connectivity index (χ3v) is 2.73. The van der Waals surface area contributed by atoms with Crippen LogP contribution in [0, 0.1) is 5.82 Å². The van der Waals surface area contributed by atoms with Gasteiger partial charge in [-0.05, 0) is 24.6 Å². The number of rotatable bonds is 3. The summed E-state index contributed by atoms with van der Waals surface area (Å²) in [5.74, 6) is -0.305. The van der Waals surface area contributed by atoms with Gasteiger partial charge in [0.05, 0.1) is 19.1 Å². The number of hydrogen-bond acceptors (Lipinski definition) is 3. The molecule has 2 aromatic rings. The molecule has 0 bridgehead atoms. The number of aromatic nitrogens is 2. The fourth-order valence-electron chi connectivity index (χ4n) is 1.82. The summed E-state index contributed by atoms with van der Waals surface area (Å²) in [7, 11) is 1.40. The van der Waals surface area contributed by atoms with Crippen molar-refractivity contribution in [1.29, 1.82) is 0 Å². The number of benzene rings is 1. The Morgan fingerprint density at radius 1 is 1.44 bits per heavy atom. The zero-order chi connectivity index (χ0) is 13.1. The molecule has 1 N–H and O–H groups in total. The molecule has 0 spiro atoms. The van der Waals surface area contributed by atoms with Crippen molar-refractivity contribution in [2.75, 3.05) is 7.11 Å². The number of methoxy groups -OCH3 is 1. The van der Waals surface area contributed by atoms with Gasteiger partial charge >= 0.3 is 0 Å². The summed E-state index contributed by atoms with van der Waals surface area (Å²) in [6, 6.07) is 4.52. The number of ether oxygens (including phenoxy) is 1. The maximum atomic E-state index is 13.6. The molecule has 1 aromatic carbocycles. The molecule has 18 heavy (non-hydrogen) atoms. The van der Waals surface area contributed by atoms with Gasteiger partial charge in [-0.2, -0.15) is 0 Å². The highest BCUT2D eigenvalue weighted by Crippen LogP contribution is 2.25. The number of nitrogens with one attached hydrogen (secondary N) is 1. The smallest absolute Gasteiger partial charge is 0.254 e. The van der Waals surface area contributed by atoms with E-state index in [4.69, 9.17) is 4.74 Å². The lowest BCUT2D eigenvalue weighted by atomic mass is 10.1. The van der Waals surface area contributed by atoms with E-state index in [1.807, 2.05) is 6.92 Å². The largest absolute Gasteiger partial charge is 0.494 e. The van der Waals surface area contributed by atoms with Gasteiger partial charge in [0.1, 0.15) is 0 Å². The molecule has 0 saturated carbocycles. The van der Waals surface area contributed by atoms with Crippen LogP contribution in [0.25, 0.3) is 11.3 Å². The number of nitrogens with zero attached hydrogens (tertiary/aromatic N) is 1. The number of H-pyrrole nitrogens is 1. The van der Waals surface area contributed by atoms with E-state index >= 15 is 0 Å². The van der Waals surface area contributed by atoms with Crippen LogP contribution in [0.3, 0.4) is 0 Å². The average Bonchev–Trinajstić information content (AvgIpc) is 2.38. The molecule has 5 heteroatoms. The van der Waals surface area contributed by atoms with Gasteiger partial charge in [-0.1, -0.05) is 6.92 Å². The normalized spacial score (nSPS) is 10.4. The Balaban J connectivity index is 2.59. The van der Waals surface area contributed by atoms with Gasteiger partial charge in [0, 0.05) is 11.1 Å². The van der Waals surface area contributed by atoms with Crippen LogP contribution < -0.4 is 10.3 Å². The Bertz CT molecular complexity index is 623. The standard InChI is InChI=1S/C13H13FN2O2/c1-3-9-12(15-7-16-13(9)17)8-4-5-11(18-2)10(14)6-8/h4-7H,3H2,1-2H3,(H,15,16,17). The van der Waals surface area contributed by atoms with Gasteiger partial charge in [0.15, 0.2) is 11.6 Å². The van der Waals surface area contributed by atoms with Crippen LogP contribution in [-0.4, -0.2) is 17.1 Å². The Morgan fingerprint density at radius 2 is 2.22 bits per heavy atom. The van der Waals surface area contributed by atoms with E-state index in [9.17, 15) is 9.18 Å². The first-order valence-corrected chi connectivity index (χ1v) is 5.57. The second-order valence-corrected chi connectivity index (χ2v) is 3.76. The van der Waals surface area contributed by atoms with E-state index in [0.29, 0.717) is 23.2 Å². The van der Waals surface area contributed by atoms with Crippen LogP contribution in [0.5, 0.6) is 5.75 Å². The van der Waals surface area contributed by atoms with E-state index < -0.39 is 5.82 Å². The molecular weight excluding hydrogens is 235 g/mol. The third-order valence-electron chi connectivity index (χ3n) is 2.73. The summed E-state index contributed by atoms with van der Waals surface area (Å²) in [4.78, 5) is 18.3. The number of hydrogen-bond donors (Lipinski definition) is 1. The van der Waals surface area contributed by atoms with E-state index in [0.717, 1.165) is 0 Å². The highest BCUT2D eigenvalue weighted by atomic mass is 19.1. The predicted octanol–water partition coefficient (Wildman–Crippen LogP) is 2.15. The van der Waals surface area contributed by atoms with Crippen LogP contribution >= 0.6 is 0 Å². The Hall–Kier alpha value is -2.17. The zero-order valence-corrected chi connectivity index (χ0v) is 10.2. The monoisotopic (exact) mass is 248 g/mol. The second kappa shape index (κ2) is 5.00. The quantitative estimate of drug-likeness (QED) is 0.905. The van der Waals surface area contributed by atoms with Gasteiger partial charge in [-0.3, -0.25) is 4.79 Å². The van der Waals surface area contributed by atoms with E-state index in [1.54, 1.807) is 6.07 Å². The molecule has 0 fully saturated rings. The van der Waals surface area contributed by atoms with Crippen LogP contribution in [0.1, 0.15) is 12.5 Å². The maximum Gasteiger partial charge on any atom is 0.254 e. The van der Waals surface area contributed by atoms with Gasteiger partial charge in [-0.15, -0.1) is 0 Å². The van der Waals surface area contributed by atoms with E-state index in [2.05, 4.69) is 9.97 Å². The molecule has 1 aromatic heterocycles. The van der Waals surface area contributed by atoms with Crippen LogP contribution in [0.2, 0.25) is 0 Å². The molecule has 4 nitrogen and oxygen atoms in total. The first-order chi connectivity index (χ1) is 8.67. The summed E-state index contributed by atoms with van der Waals surface area (Å²) < 4.78 is 18.5. The minimum Gasteiger partial charge on any atom is -0.494 e. The summed E-state index contributed by atoms with van der Waals surface area (Å²) in [6.07, 6.45) is 1.85. The summed E-state index contributed by atoms with van der Waals surface area (Å²) in [5, 5.41) is 0. The SMILES string of the molecule is CCc1c(-c2ccc(OC)c(F)c2)nc[nH]c1=O. The fraction of sp³-hybridized carbons (Fsp3) is 0.231. The Kier molecular flexibility index (Phi) is 3.41. The van der Waals surface area contributed by atoms with Crippen LogP contribution in [0.15, 0.2) is 29.3 Å². The van der Waals surface area contributed by atoms with Crippen LogP contribution in [-0.2, 0) is 6.42 Å². The van der Waals surface area contributed by atoms with E-state index in [1.165, 1.54) is 25.6 Å². The predicted molar refractivity (Wildman–Crippen MR) is 66.2 cm³/mol. The van der Waals surface area contributed by atoms with Gasteiger partial charge in [-0.25, -0.2) is 9.37 Å². The van der Waals surface area contributed by atoms with Gasteiger partial charge in [0.25, 0.3) is 5.56 Å². The lowest BCUT2D eigenvalue weighted by molar-refractivity contribution is 0.386. The Morgan fingerprint density at radius 3 is 2.83 bits per heavy atom. The summed E-state index contributed by atoms with van der Waals surface area (Å²) in [5.41, 5.74) is 1.42. The number of aromatic amines is 1. The lowest BCUT2D eigenvalue weighted by Gasteiger charge is -2.07. The highest BCUT2D eigenvalue weighted by molar-refractivity contribution is 5.63. The molecule has 2 rings (SSSR count). The summed E-state index contributed by atoms with van der Waals surface area (Å²) in [6.45, 7) is 1.86. The Labute approximate surface area is 103 Å². The second-order valence-electron chi connectivity index (χ2n) is 3.76. The molecular formula is C13H13FN2O2. The lowest BCUT2D eigenvalue weighted by Crippen LogP contribution is -2.14. The average molecular weight is 248 g/mol. The molecule has 0 unspecified atom stereocenters. The van der Waals surface area contributed by atoms with Gasteiger partial charge in [0.2, 0.25) is 0 Å². The minimum absolute atomic E-state index is 0.168. The van der Waals surface area contributed by atoms with Crippen molar-refractivity contribution in [3.8, 4) is 17.0 Å². The van der Waals surface area contributed by atoms with Gasteiger partial charge < -0.3 is 9.72 Å². The fourth-order valence-corrected chi connectivity index (χ4v) is 1.82. The number of halogens is 1. The molecule has 0 aliphatic rings. The topological polar surface area (TPSA) is 55.0 Å². The van der Waals surface area contributed by atoms with Crippen molar-refractivity contribution in [1.82, 2.24) is 9.97 Å².